The number of rotatable bonds is 4. The molecule has 0 N–H and O–H groups in total. The molecule has 2 aromatic heterocycles. The molecule has 5 nitrogen and oxygen atoms in total. The van der Waals surface area contributed by atoms with Crippen molar-refractivity contribution in [3.05, 3.63) is 64.7 Å². The van der Waals surface area contributed by atoms with E-state index >= 15 is 0 Å². The number of para-hydroxylation sites is 1. The minimum atomic E-state index is 0.0296. The molecule has 0 bridgehead atoms. The van der Waals surface area contributed by atoms with E-state index in [2.05, 4.69) is 39.2 Å². The molecular weight excluding hydrogens is 336 g/mol. The molecule has 1 aliphatic heterocycles. The summed E-state index contributed by atoms with van der Waals surface area (Å²) >= 11 is 0. The number of nitrogens with zero attached hydrogens (tertiary/aromatic N) is 4. The molecule has 27 heavy (non-hydrogen) atoms. The largest absolute Gasteiger partial charge is 0.371 e. The molecule has 1 aliphatic carbocycles. The van der Waals surface area contributed by atoms with Gasteiger partial charge in [-0.1, -0.05) is 18.2 Å². The Kier molecular flexibility index (Phi) is 4.15. The first-order valence-corrected chi connectivity index (χ1v) is 9.95. The molecule has 0 atom stereocenters. The molecule has 5 heteroatoms. The highest BCUT2D eigenvalue weighted by Gasteiger charge is 2.26. The maximum absolute atomic E-state index is 12.2. The Morgan fingerprint density at radius 1 is 0.963 bits per heavy atom. The van der Waals surface area contributed by atoms with Crippen molar-refractivity contribution in [3.63, 3.8) is 0 Å². The summed E-state index contributed by atoms with van der Waals surface area (Å²) in [5.41, 5.74) is 3.44. The summed E-state index contributed by atoms with van der Waals surface area (Å²) < 4.78 is 1.70. The van der Waals surface area contributed by atoms with Gasteiger partial charge in [-0.3, -0.25) is 9.78 Å². The van der Waals surface area contributed by atoms with E-state index in [-0.39, 0.29) is 5.56 Å². The maximum atomic E-state index is 12.2. The predicted molar refractivity (Wildman–Crippen MR) is 107 cm³/mol. The number of hydrogen-bond acceptors (Lipinski definition) is 4. The van der Waals surface area contributed by atoms with Gasteiger partial charge in [0.15, 0.2) is 0 Å². The Labute approximate surface area is 158 Å². The SMILES string of the molecule is O=c1ccc(C2CC2)nn1CC1CCN(c2ccnc3ccccc23)CC1. The van der Waals surface area contributed by atoms with Gasteiger partial charge in [-0.05, 0) is 49.8 Å². The van der Waals surface area contributed by atoms with Crippen LogP contribution in [0, 0.1) is 5.92 Å². The molecular formula is C22H24N4O. The van der Waals surface area contributed by atoms with Gasteiger partial charge in [0.2, 0.25) is 0 Å². The Hall–Kier alpha value is -2.69. The summed E-state index contributed by atoms with van der Waals surface area (Å²) in [7, 11) is 0. The highest BCUT2D eigenvalue weighted by Crippen LogP contribution is 2.38. The van der Waals surface area contributed by atoms with E-state index in [9.17, 15) is 4.79 Å². The lowest BCUT2D eigenvalue weighted by Crippen LogP contribution is -2.37. The lowest BCUT2D eigenvalue weighted by molar-refractivity contribution is 0.334. The molecule has 5 rings (SSSR count). The molecule has 3 aromatic rings. The summed E-state index contributed by atoms with van der Waals surface area (Å²) in [6.45, 7) is 2.76. The van der Waals surface area contributed by atoms with Crippen LogP contribution in [0.2, 0.25) is 0 Å². The van der Waals surface area contributed by atoms with E-state index in [1.54, 1.807) is 10.7 Å². The van der Waals surface area contributed by atoms with Crippen molar-refractivity contribution in [1.29, 1.82) is 0 Å². The molecule has 0 radical (unpaired) electrons. The predicted octanol–water partition coefficient (Wildman–Crippen LogP) is 3.59. The first-order chi connectivity index (χ1) is 13.3. The molecule has 0 spiro atoms. The van der Waals surface area contributed by atoms with Crippen LogP contribution in [-0.2, 0) is 6.54 Å². The number of benzene rings is 1. The fourth-order valence-electron chi connectivity index (χ4n) is 4.15. The Morgan fingerprint density at radius 2 is 1.78 bits per heavy atom. The Bertz CT molecular complexity index is 1010. The number of piperidine rings is 1. The number of aromatic nitrogens is 3. The summed E-state index contributed by atoms with van der Waals surface area (Å²) in [5.74, 6) is 1.09. The molecule has 2 fully saturated rings. The molecule has 0 unspecified atom stereocenters. The Morgan fingerprint density at radius 3 is 2.59 bits per heavy atom. The van der Waals surface area contributed by atoms with Gasteiger partial charge >= 0.3 is 0 Å². The van der Waals surface area contributed by atoms with Crippen molar-refractivity contribution in [2.45, 2.75) is 38.1 Å². The van der Waals surface area contributed by atoms with E-state index in [1.165, 1.54) is 23.9 Å². The summed E-state index contributed by atoms with van der Waals surface area (Å²) in [6, 6.07) is 14.0. The van der Waals surface area contributed by atoms with Crippen LogP contribution >= 0.6 is 0 Å². The molecule has 0 amide bonds. The normalized spacial score (nSPS) is 18.1. The number of anilines is 1. The van der Waals surface area contributed by atoms with Crippen LogP contribution in [0.5, 0.6) is 0 Å². The number of hydrogen-bond donors (Lipinski definition) is 0. The second-order valence-electron chi connectivity index (χ2n) is 7.83. The average Bonchev–Trinajstić information content (AvgIpc) is 3.55. The van der Waals surface area contributed by atoms with Crippen molar-refractivity contribution in [3.8, 4) is 0 Å². The minimum absolute atomic E-state index is 0.0296. The van der Waals surface area contributed by atoms with Crippen LogP contribution in [-0.4, -0.2) is 27.9 Å². The van der Waals surface area contributed by atoms with Gasteiger partial charge in [0.1, 0.15) is 0 Å². The van der Waals surface area contributed by atoms with E-state index < -0.39 is 0 Å². The first-order valence-electron chi connectivity index (χ1n) is 9.95. The van der Waals surface area contributed by atoms with Crippen molar-refractivity contribution in [2.75, 3.05) is 18.0 Å². The monoisotopic (exact) mass is 360 g/mol. The number of pyridine rings is 1. The molecule has 1 saturated carbocycles. The van der Waals surface area contributed by atoms with Gasteiger partial charge in [0.25, 0.3) is 5.56 Å². The van der Waals surface area contributed by atoms with E-state index in [1.807, 2.05) is 18.3 Å². The summed E-state index contributed by atoms with van der Waals surface area (Å²) in [4.78, 5) is 19.1. The summed E-state index contributed by atoms with van der Waals surface area (Å²) in [6.07, 6.45) is 6.49. The lowest BCUT2D eigenvalue weighted by atomic mass is 9.96. The van der Waals surface area contributed by atoms with Gasteiger partial charge in [-0.2, -0.15) is 5.10 Å². The first kappa shape index (κ1) is 16.5. The third-order valence-corrected chi connectivity index (χ3v) is 5.90. The highest BCUT2D eigenvalue weighted by atomic mass is 16.1. The Balaban J connectivity index is 1.29. The van der Waals surface area contributed by atoms with Gasteiger partial charge in [0.05, 0.1) is 11.2 Å². The molecule has 3 heterocycles. The zero-order chi connectivity index (χ0) is 18.2. The fourth-order valence-corrected chi connectivity index (χ4v) is 4.15. The third kappa shape index (κ3) is 3.34. The zero-order valence-corrected chi connectivity index (χ0v) is 15.4. The van der Waals surface area contributed by atoms with Gasteiger partial charge in [-0.15, -0.1) is 0 Å². The molecule has 1 saturated heterocycles. The van der Waals surface area contributed by atoms with Crippen LogP contribution < -0.4 is 10.5 Å². The molecule has 138 valence electrons. The zero-order valence-electron chi connectivity index (χ0n) is 15.4. The van der Waals surface area contributed by atoms with Crippen LogP contribution in [0.4, 0.5) is 5.69 Å². The van der Waals surface area contributed by atoms with Crippen molar-refractivity contribution in [2.24, 2.45) is 5.92 Å². The van der Waals surface area contributed by atoms with Crippen LogP contribution in [0.3, 0.4) is 0 Å². The molecule has 1 aromatic carbocycles. The quantitative estimate of drug-likeness (QED) is 0.713. The average molecular weight is 360 g/mol. The smallest absolute Gasteiger partial charge is 0.266 e. The van der Waals surface area contributed by atoms with Gasteiger partial charge < -0.3 is 4.90 Å². The van der Waals surface area contributed by atoms with E-state index in [4.69, 9.17) is 0 Å². The second kappa shape index (κ2) is 6.80. The van der Waals surface area contributed by atoms with E-state index in [0.717, 1.165) is 43.7 Å². The van der Waals surface area contributed by atoms with Crippen LogP contribution in [0.1, 0.15) is 37.3 Å². The summed E-state index contributed by atoms with van der Waals surface area (Å²) in [5, 5.41) is 5.84. The van der Waals surface area contributed by atoms with Crippen LogP contribution in [0.25, 0.3) is 10.9 Å². The maximum Gasteiger partial charge on any atom is 0.266 e. The minimum Gasteiger partial charge on any atom is -0.371 e. The topological polar surface area (TPSA) is 51.0 Å². The third-order valence-electron chi connectivity index (χ3n) is 5.90. The van der Waals surface area contributed by atoms with Crippen molar-refractivity contribution < 1.29 is 0 Å². The highest BCUT2D eigenvalue weighted by molar-refractivity contribution is 5.91. The van der Waals surface area contributed by atoms with Gasteiger partial charge in [0, 0.05) is 48.9 Å². The number of fused-ring (bicyclic) bond motifs is 1. The van der Waals surface area contributed by atoms with E-state index in [0.29, 0.717) is 11.8 Å². The second-order valence-corrected chi connectivity index (χ2v) is 7.83. The van der Waals surface area contributed by atoms with Crippen molar-refractivity contribution >= 4 is 16.6 Å². The standard InChI is InChI=1S/C22H24N4O/c27-22-8-7-19(17-5-6-17)24-26(22)15-16-10-13-25(14-11-16)21-9-12-23-20-4-2-1-3-18(20)21/h1-4,7-9,12,16-17H,5-6,10-11,13-15H2. The lowest BCUT2D eigenvalue weighted by Gasteiger charge is -2.34. The molecule has 2 aliphatic rings. The van der Waals surface area contributed by atoms with Crippen molar-refractivity contribution in [1.82, 2.24) is 14.8 Å². The van der Waals surface area contributed by atoms with Gasteiger partial charge in [-0.25, -0.2) is 4.68 Å². The fraction of sp³-hybridized carbons (Fsp3) is 0.409. The van der Waals surface area contributed by atoms with Crippen LogP contribution in [0.15, 0.2) is 53.5 Å².